The van der Waals surface area contributed by atoms with Crippen LogP contribution >= 0.6 is 0 Å². The van der Waals surface area contributed by atoms with Crippen LogP contribution in [-0.4, -0.2) is 30.7 Å². The van der Waals surface area contributed by atoms with Gasteiger partial charge in [0, 0.05) is 13.2 Å². The number of aliphatic hydroxyl groups is 1. The fourth-order valence-corrected chi connectivity index (χ4v) is 0.735. The quantitative estimate of drug-likeness (QED) is 0.590. The van der Waals surface area contributed by atoms with Crippen molar-refractivity contribution in [1.29, 1.82) is 0 Å². The van der Waals surface area contributed by atoms with Gasteiger partial charge in [0.1, 0.15) is 6.10 Å². The second-order valence-electron chi connectivity index (χ2n) is 2.14. The second-order valence-corrected chi connectivity index (χ2v) is 2.14. The number of rotatable bonds is 6. The molecule has 0 rings (SSSR count). The zero-order valence-corrected chi connectivity index (χ0v) is 7.25. The van der Waals surface area contributed by atoms with Gasteiger partial charge in [0.05, 0.1) is 0 Å². The Morgan fingerprint density at radius 1 is 1.27 bits per heavy atom. The first-order valence-electron chi connectivity index (χ1n) is 3.96. The zero-order valence-electron chi connectivity index (χ0n) is 7.25. The lowest BCUT2D eigenvalue weighted by atomic mass is 10.3. The Kier molecular flexibility index (Phi) is 6.51. The predicted octanol–water partition coefficient (Wildman–Crippen LogP) is 0.971. The number of ether oxygens (including phenoxy) is 2. The minimum absolute atomic E-state index is 0.407. The molecule has 0 fully saturated rings. The lowest BCUT2D eigenvalue weighted by Crippen LogP contribution is -2.31. The summed E-state index contributed by atoms with van der Waals surface area (Å²) in [6.45, 7) is 8.37. The molecular formula is C8H17O3. The molecule has 0 spiro atoms. The number of aliphatic hydroxyl groups excluding tert-OH is 1. The Labute approximate surface area is 68.3 Å². The van der Waals surface area contributed by atoms with Crippen LogP contribution in [0.3, 0.4) is 0 Å². The third-order valence-electron chi connectivity index (χ3n) is 1.27. The Hall–Kier alpha value is -0.120. The fraction of sp³-hybridized carbons (Fsp3) is 0.875. The van der Waals surface area contributed by atoms with Gasteiger partial charge in [-0.3, -0.25) is 0 Å². The van der Waals surface area contributed by atoms with Crippen LogP contribution in [-0.2, 0) is 9.47 Å². The van der Waals surface area contributed by atoms with Crippen LogP contribution in [0.1, 0.15) is 20.3 Å². The van der Waals surface area contributed by atoms with Crippen LogP contribution < -0.4 is 0 Å². The minimum Gasteiger partial charge on any atom is -0.388 e. The van der Waals surface area contributed by atoms with Crippen LogP contribution in [0, 0.1) is 6.92 Å². The molecule has 0 aliphatic heterocycles. The van der Waals surface area contributed by atoms with E-state index in [1.807, 2.05) is 13.8 Å². The maximum atomic E-state index is 9.27. The molecule has 0 aliphatic carbocycles. The van der Waals surface area contributed by atoms with E-state index in [0.29, 0.717) is 19.6 Å². The average Bonchev–Trinajstić information content (AvgIpc) is 2.03. The van der Waals surface area contributed by atoms with E-state index in [9.17, 15) is 5.11 Å². The molecule has 3 nitrogen and oxygen atoms in total. The molecule has 0 aromatic carbocycles. The van der Waals surface area contributed by atoms with Gasteiger partial charge in [0.25, 0.3) is 0 Å². The summed E-state index contributed by atoms with van der Waals surface area (Å²) in [6.07, 6.45) is -0.720. The highest BCUT2D eigenvalue weighted by molar-refractivity contribution is 4.60. The second kappa shape index (κ2) is 6.58. The van der Waals surface area contributed by atoms with E-state index in [1.165, 1.54) is 0 Å². The molecule has 0 saturated heterocycles. The summed E-state index contributed by atoms with van der Waals surface area (Å²) in [5.41, 5.74) is 0. The van der Waals surface area contributed by atoms with Gasteiger partial charge in [-0.1, -0.05) is 6.92 Å². The maximum Gasteiger partial charge on any atom is 0.183 e. The van der Waals surface area contributed by atoms with Gasteiger partial charge < -0.3 is 14.6 Å². The third-order valence-corrected chi connectivity index (χ3v) is 1.27. The summed E-state index contributed by atoms with van der Waals surface area (Å²) >= 11 is 0. The molecule has 0 aromatic heterocycles. The van der Waals surface area contributed by atoms with E-state index >= 15 is 0 Å². The van der Waals surface area contributed by atoms with Gasteiger partial charge in [-0.2, -0.15) is 0 Å². The Morgan fingerprint density at radius 2 is 1.73 bits per heavy atom. The Morgan fingerprint density at radius 3 is 2.00 bits per heavy atom. The van der Waals surface area contributed by atoms with Gasteiger partial charge in [0.2, 0.25) is 0 Å². The van der Waals surface area contributed by atoms with Crippen molar-refractivity contribution in [3.63, 3.8) is 0 Å². The number of hydrogen-bond donors (Lipinski definition) is 1. The first-order valence-corrected chi connectivity index (χ1v) is 3.96. The summed E-state index contributed by atoms with van der Waals surface area (Å²) in [5, 5.41) is 9.27. The first kappa shape index (κ1) is 10.9. The molecule has 0 amide bonds. The summed E-state index contributed by atoms with van der Waals surface area (Å²) in [5.74, 6) is 0. The van der Waals surface area contributed by atoms with Crippen molar-refractivity contribution in [1.82, 2.24) is 0 Å². The van der Waals surface area contributed by atoms with Gasteiger partial charge in [-0.25, -0.2) is 0 Å². The zero-order chi connectivity index (χ0) is 8.69. The highest BCUT2D eigenvalue weighted by Crippen LogP contribution is 2.04. The standard InChI is InChI=1S/C8H17O3/c1-4-7(9)8(10-5-2)11-6-3/h7-9H,1,4-6H2,2-3H3. The van der Waals surface area contributed by atoms with E-state index in [-0.39, 0.29) is 0 Å². The van der Waals surface area contributed by atoms with Gasteiger partial charge >= 0.3 is 0 Å². The van der Waals surface area contributed by atoms with Crippen molar-refractivity contribution in [3.05, 3.63) is 6.92 Å². The van der Waals surface area contributed by atoms with E-state index in [1.54, 1.807) is 0 Å². The lowest BCUT2D eigenvalue weighted by Gasteiger charge is -2.20. The Bertz CT molecular complexity index is 79.4. The van der Waals surface area contributed by atoms with E-state index in [2.05, 4.69) is 6.92 Å². The van der Waals surface area contributed by atoms with Gasteiger partial charge in [-0.15, -0.1) is 0 Å². The van der Waals surface area contributed by atoms with Gasteiger partial charge in [0.15, 0.2) is 6.29 Å². The topological polar surface area (TPSA) is 38.7 Å². The van der Waals surface area contributed by atoms with Crippen molar-refractivity contribution in [2.24, 2.45) is 0 Å². The van der Waals surface area contributed by atoms with Gasteiger partial charge in [-0.05, 0) is 20.3 Å². The molecule has 3 heteroatoms. The summed E-state index contributed by atoms with van der Waals surface area (Å²) in [7, 11) is 0. The molecule has 1 atom stereocenters. The molecule has 1 unspecified atom stereocenters. The van der Waals surface area contributed by atoms with Crippen LogP contribution in [0.5, 0.6) is 0 Å². The highest BCUT2D eigenvalue weighted by Gasteiger charge is 2.16. The summed E-state index contributed by atoms with van der Waals surface area (Å²) in [6, 6.07) is 0. The molecular weight excluding hydrogens is 144 g/mol. The normalized spacial score (nSPS) is 13.9. The van der Waals surface area contributed by atoms with Crippen LogP contribution in [0.15, 0.2) is 0 Å². The molecule has 67 valence electrons. The predicted molar refractivity (Wildman–Crippen MR) is 43.0 cm³/mol. The minimum atomic E-state index is -0.616. The molecule has 0 aromatic rings. The van der Waals surface area contributed by atoms with Crippen molar-refractivity contribution >= 4 is 0 Å². The average molecular weight is 161 g/mol. The van der Waals surface area contributed by atoms with Crippen molar-refractivity contribution in [2.75, 3.05) is 13.2 Å². The van der Waals surface area contributed by atoms with E-state index in [0.717, 1.165) is 0 Å². The Balaban J connectivity index is 3.66. The molecule has 0 bridgehead atoms. The molecule has 0 heterocycles. The van der Waals surface area contributed by atoms with Crippen LogP contribution in [0.2, 0.25) is 0 Å². The molecule has 0 saturated carbocycles. The SMILES string of the molecule is [CH2]CC(O)C(OCC)OCC. The summed E-state index contributed by atoms with van der Waals surface area (Å²) < 4.78 is 10.2. The van der Waals surface area contributed by atoms with Crippen molar-refractivity contribution in [3.8, 4) is 0 Å². The third kappa shape index (κ3) is 4.35. The number of hydrogen-bond acceptors (Lipinski definition) is 3. The van der Waals surface area contributed by atoms with Crippen LogP contribution in [0.25, 0.3) is 0 Å². The monoisotopic (exact) mass is 161 g/mol. The largest absolute Gasteiger partial charge is 0.388 e. The molecule has 1 N–H and O–H groups in total. The summed E-state index contributed by atoms with van der Waals surface area (Å²) in [4.78, 5) is 0. The fourth-order valence-electron chi connectivity index (χ4n) is 0.735. The smallest absolute Gasteiger partial charge is 0.183 e. The van der Waals surface area contributed by atoms with Crippen LogP contribution in [0.4, 0.5) is 0 Å². The highest BCUT2D eigenvalue weighted by atomic mass is 16.7. The molecule has 11 heavy (non-hydrogen) atoms. The first-order chi connectivity index (χ1) is 5.26. The van der Waals surface area contributed by atoms with Crippen molar-refractivity contribution in [2.45, 2.75) is 32.7 Å². The van der Waals surface area contributed by atoms with Crippen molar-refractivity contribution < 1.29 is 14.6 Å². The lowest BCUT2D eigenvalue weighted by molar-refractivity contribution is -0.188. The van der Waals surface area contributed by atoms with E-state index in [4.69, 9.17) is 9.47 Å². The molecule has 0 aliphatic rings. The maximum absolute atomic E-state index is 9.27. The van der Waals surface area contributed by atoms with E-state index < -0.39 is 12.4 Å². The molecule has 1 radical (unpaired) electrons.